The smallest absolute Gasteiger partial charge is 0.224 e. The highest BCUT2D eigenvalue weighted by Gasteiger charge is 2.08. The first kappa shape index (κ1) is 13.2. The highest BCUT2D eigenvalue weighted by molar-refractivity contribution is 6.30. The molecule has 0 aliphatic heterocycles. The van der Waals surface area contributed by atoms with Crippen molar-refractivity contribution in [3.8, 4) is 11.6 Å². The number of benzene rings is 2. The van der Waals surface area contributed by atoms with Gasteiger partial charge < -0.3 is 4.74 Å². The Morgan fingerprint density at radius 1 is 1.00 bits per heavy atom. The van der Waals surface area contributed by atoms with Gasteiger partial charge in [0.2, 0.25) is 5.88 Å². The molecule has 0 radical (unpaired) electrons. The average molecular weight is 304 g/mol. The van der Waals surface area contributed by atoms with Crippen molar-refractivity contribution in [2.24, 2.45) is 0 Å². The molecule has 0 bridgehead atoms. The van der Waals surface area contributed by atoms with E-state index in [9.17, 15) is 0 Å². The minimum absolute atomic E-state index is 0.348. The van der Waals surface area contributed by atoms with E-state index in [1.54, 1.807) is 24.3 Å². The topological polar surface area (TPSA) is 22.1 Å². The van der Waals surface area contributed by atoms with Crippen LogP contribution in [0.5, 0.6) is 11.6 Å². The molecule has 100 valence electrons. The first-order valence-electron chi connectivity index (χ1n) is 6.14. The van der Waals surface area contributed by atoms with Crippen LogP contribution in [0.25, 0.3) is 10.9 Å². The van der Waals surface area contributed by atoms with Crippen LogP contribution >= 0.6 is 23.2 Å². The van der Waals surface area contributed by atoms with Gasteiger partial charge in [0.05, 0.1) is 11.4 Å². The zero-order valence-corrected chi connectivity index (χ0v) is 12.0. The molecule has 0 aliphatic carbocycles. The van der Waals surface area contributed by atoms with E-state index in [4.69, 9.17) is 27.9 Å². The molecule has 0 aliphatic rings. The molecular formula is C16H11Cl2NO. The maximum atomic E-state index is 5.98. The van der Waals surface area contributed by atoms with Gasteiger partial charge in [-0.3, -0.25) is 0 Å². The number of hydrogen-bond donors (Lipinski definition) is 0. The van der Waals surface area contributed by atoms with Gasteiger partial charge in [0.1, 0.15) is 5.75 Å². The lowest BCUT2D eigenvalue weighted by Gasteiger charge is -2.10. The molecule has 0 saturated heterocycles. The van der Waals surface area contributed by atoms with Crippen molar-refractivity contribution >= 4 is 34.1 Å². The molecule has 0 saturated carbocycles. The summed E-state index contributed by atoms with van der Waals surface area (Å²) in [7, 11) is 0. The minimum atomic E-state index is 0.348. The van der Waals surface area contributed by atoms with E-state index in [0.29, 0.717) is 22.5 Å². The number of halogens is 2. The van der Waals surface area contributed by atoms with E-state index >= 15 is 0 Å². The number of para-hydroxylation sites is 1. The second-order valence-corrected chi connectivity index (χ2v) is 5.04. The van der Waals surface area contributed by atoms with Crippen LogP contribution in [0.1, 0.15) is 5.56 Å². The summed E-state index contributed by atoms with van der Waals surface area (Å²) in [6, 6.07) is 17.0. The van der Waals surface area contributed by atoms with E-state index in [-0.39, 0.29) is 0 Å². The summed E-state index contributed by atoms with van der Waals surface area (Å²) in [5.74, 6) is 1.56. The van der Waals surface area contributed by atoms with Crippen molar-refractivity contribution in [2.75, 3.05) is 0 Å². The van der Waals surface area contributed by atoms with E-state index in [2.05, 4.69) is 4.98 Å². The Labute approximate surface area is 126 Å². The first-order valence-corrected chi connectivity index (χ1v) is 7.05. The lowest BCUT2D eigenvalue weighted by atomic mass is 10.2. The minimum Gasteiger partial charge on any atom is -0.439 e. The number of alkyl halides is 1. The Hall–Kier alpha value is -1.77. The molecule has 0 atom stereocenters. The van der Waals surface area contributed by atoms with E-state index in [0.717, 1.165) is 16.5 Å². The Morgan fingerprint density at radius 3 is 2.50 bits per heavy atom. The molecular weight excluding hydrogens is 293 g/mol. The van der Waals surface area contributed by atoms with Crippen LogP contribution in [0.2, 0.25) is 5.02 Å². The van der Waals surface area contributed by atoms with Gasteiger partial charge in [0.25, 0.3) is 0 Å². The predicted molar refractivity (Wildman–Crippen MR) is 82.8 cm³/mol. The first-order chi connectivity index (χ1) is 9.76. The third-order valence-electron chi connectivity index (χ3n) is 2.94. The normalized spacial score (nSPS) is 10.7. The largest absolute Gasteiger partial charge is 0.439 e. The second kappa shape index (κ2) is 5.70. The number of ether oxygens (including phenoxy) is 1. The van der Waals surface area contributed by atoms with Crippen molar-refractivity contribution in [3.63, 3.8) is 0 Å². The maximum Gasteiger partial charge on any atom is 0.224 e. The molecule has 2 nitrogen and oxygen atoms in total. The molecule has 1 heterocycles. The summed E-state index contributed by atoms with van der Waals surface area (Å²) in [5, 5.41) is 1.72. The van der Waals surface area contributed by atoms with Crippen LogP contribution in [0.3, 0.4) is 0 Å². The monoisotopic (exact) mass is 303 g/mol. The maximum absolute atomic E-state index is 5.98. The molecule has 3 aromatic rings. The van der Waals surface area contributed by atoms with Gasteiger partial charge in [-0.15, -0.1) is 11.6 Å². The van der Waals surface area contributed by atoms with Gasteiger partial charge in [-0.25, -0.2) is 4.98 Å². The summed E-state index contributed by atoms with van der Waals surface area (Å²) < 4.78 is 5.81. The lowest BCUT2D eigenvalue weighted by molar-refractivity contribution is 0.460. The van der Waals surface area contributed by atoms with E-state index < -0.39 is 0 Å². The highest BCUT2D eigenvalue weighted by Crippen LogP contribution is 2.28. The number of pyridine rings is 1. The summed E-state index contributed by atoms with van der Waals surface area (Å²) >= 11 is 11.8. The van der Waals surface area contributed by atoms with Crippen LogP contribution in [0, 0.1) is 0 Å². The quantitative estimate of drug-likeness (QED) is 0.603. The summed E-state index contributed by atoms with van der Waals surface area (Å²) in [5.41, 5.74) is 1.74. The van der Waals surface area contributed by atoms with Crippen molar-refractivity contribution in [1.29, 1.82) is 0 Å². The van der Waals surface area contributed by atoms with E-state index in [1.807, 2.05) is 30.3 Å². The zero-order valence-electron chi connectivity index (χ0n) is 10.5. The Kier molecular flexibility index (Phi) is 3.77. The van der Waals surface area contributed by atoms with Gasteiger partial charge >= 0.3 is 0 Å². The van der Waals surface area contributed by atoms with Gasteiger partial charge in [0, 0.05) is 16.0 Å². The average Bonchev–Trinajstić information content (AvgIpc) is 2.49. The molecule has 3 rings (SSSR count). The fraction of sp³-hybridized carbons (Fsp3) is 0.0625. The third kappa shape index (κ3) is 2.72. The molecule has 0 N–H and O–H groups in total. The SMILES string of the molecule is ClCc1cc2ccccc2nc1Oc1ccc(Cl)cc1. The fourth-order valence-corrected chi connectivity index (χ4v) is 2.26. The van der Waals surface area contributed by atoms with Crippen molar-refractivity contribution in [3.05, 3.63) is 65.2 Å². The summed E-state index contributed by atoms with van der Waals surface area (Å²) in [6.07, 6.45) is 0. The summed E-state index contributed by atoms with van der Waals surface area (Å²) in [4.78, 5) is 4.52. The molecule has 1 aromatic heterocycles. The molecule has 0 unspecified atom stereocenters. The van der Waals surface area contributed by atoms with E-state index in [1.165, 1.54) is 0 Å². The number of aromatic nitrogens is 1. The second-order valence-electron chi connectivity index (χ2n) is 4.33. The molecule has 2 aromatic carbocycles. The van der Waals surface area contributed by atoms with Crippen LogP contribution in [-0.4, -0.2) is 4.98 Å². The van der Waals surface area contributed by atoms with Crippen LogP contribution in [-0.2, 0) is 5.88 Å². The van der Waals surface area contributed by atoms with Crippen LogP contribution in [0.15, 0.2) is 54.6 Å². The number of fused-ring (bicyclic) bond motifs is 1. The van der Waals surface area contributed by atoms with Crippen LogP contribution in [0.4, 0.5) is 0 Å². The Bertz CT molecular complexity index is 741. The molecule has 4 heteroatoms. The summed E-state index contributed by atoms with van der Waals surface area (Å²) in [6.45, 7) is 0. The number of nitrogens with zero attached hydrogens (tertiary/aromatic N) is 1. The molecule has 0 fully saturated rings. The highest BCUT2D eigenvalue weighted by atomic mass is 35.5. The Balaban J connectivity index is 2.03. The third-order valence-corrected chi connectivity index (χ3v) is 3.48. The zero-order chi connectivity index (χ0) is 13.9. The van der Waals surface area contributed by atoms with Gasteiger partial charge in [-0.1, -0.05) is 29.8 Å². The van der Waals surface area contributed by atoms with Crippen LogP contribution < -0.4 is 4.74 Å². The molecule has 20 heavy (non-hydrogen) atoms. The van der Waals surface area contributed by atoms with Gasteiger partial charge in [-0.05, 0) is 36.4 Å². The van der Waals surface area contributed by atoms with Crippen molar-refractivity contribution in [1.82, 2.24) is 4.98 Å². The number of hydrogen-bond acceptors (Lipinski definition) is 2. The fourth-order valence-electron chi connectivity index (χ4n) is 1.94. The lowest BCUT2D eigenvalue weighted by Crippen LogP contribution is -1.94. The predicted octanol–water partition coefficient (Wildman–Crippen LogP) is 5.42. The Morgan fingerprint density at radius 2 is 1.75 bits per heavy atom. The van der Waals surface area contributed by atoms with Crippen molar-refractivity contribution in [2.45, 2.75) is 5.88 Å². The molecule has 0 amide bonds. The standard InChI is InChI=1S/C16H11Cl2NO/c17-10-12-9-11-3-1-2-4-15(11)19-16(12)20-14-7-5-13(18)6-8-14/h1-9H,10H2. The van der Waals surface area contributed by atoms with Crippen molar-refractivity contribution < 1.29 is 4.74 Å². The van der Waals surface area contributed by atoms with Gasteiger partial charge in [0.15, 0.2) is 0 Å². The molecule has 0 spiro atoms. The number of rotatable bonds is 3. The van der Waals surface area contributed by atoms with Gasteiger partial charge in [-0.2, -0.15) is 0 Å².